The first-order valence-electron chi connectivity index (χ1n) is 16.8. The molecule has 5 nitrogen and oxygen atoms in total. The smallest absolute Gasteiger partial charge is 0.165 e. The summed E-state index contributed by atoms with van der Waals surface area (Å²) in [6.45, 7) is 6.51. The third kappa shape index (κ3) is 5.84. The SMILES string of the molecule is CC(C)(C)c1ccc(O)c(-c2nc3c(-c4cc(-c5ccccc5)cc(-c5cc(-c6ccccc6)ccn5)c4)ccnc3n2-c2ccccc2)c1. The van der Waals surface area contributed by atoms with Gasteiger partial charge >= 0.3 is 0 Å². The molecule has 0 saturated heterocycles. The molecule has 0 saturated carbocycles. The topological polar surface area (TPSA) is 63.8 Å². The highest BCUT2D eigenvalue weighted by atomic mass is 16.3. The Labute approximate surface area is 292 Å². The van der Waals surface area contributed by atoms with E-state index in [0.29, 0.717) is 17.0 Å². The fraction of sp³-hybridized carbons (Fsp3) is 0.0889. The number of rotatable bonds is 6. The van der Waals surface area contributed by atoms with Crippen LogP contribution in [0.3, 0.4) is 0 Å². The molecule has 0 aliphatic heterocycles. The third-order valence-corrected chi connectivity index (χ3v) is 9.18. The Balaban J connectivity index is 1.37. The van der Waals surface area contributed by atoms with Crippen LogP contribution in [-0.2, 0) is 5.41 Å². The molecule has 50 heavy (non-hydrogen) atoms. The molecule has 0 amide bonds. The van der Waals surface area contributed by atoms with Crippen LogP contribution in [0, 0.1) is 0 Å². The number of phenols is 1. The van der Waals surface area contributed by atoms with E-state index in [0.717, 1.165) is 61.4 Å². The highest BCUT2D eigenvalue weighted by molar-refractivity contribution is 5.95. The lowest BCUT2D eigenvalue weighted by molar-refractivity contribution is 0.475. The van der Waals surface area contributed by atoms with Crippen LogP contribution in [0.5, 0.6) is 5.75 Å². The molecule has 0 fully saturated rings. The van der Waals surface area contributed by atoms with Gasteiger partial charge in [-0.25, -0.2) is 9.97 Å². The predicted octanol–water partition coefficient (Wildman–Crippen LogP) is 11.2. The summed E-state index contributed by atoms with van der Waals surface area (Å²) in [4.78, 5) is 15.0. The van der Waals surface area contributed by atoms with E-state index in [-0.39, 0.29) is 11.2 Å². The van der Waals surface area contributed by atoms with Crippen molar-refractivity contribution in [3.05, 3.63) is 164 Å². The van der Waals surface area contributed by atoms with E-state index >= 15 is 0 Å². The Bertz CT molecular complexity index is 2460. The number of phenolic OH excluding ortho intramolecular Hbond substituents is 1. The molecule has 3 heterocycles. The second-order valence-electron chi connectivity index (χ2n) is 13.6. The number of benzene rings is 5. The number of fused-ring (bicyclic) bond motifs is 1. The molecule has 1 N–H and O–H groups in total. The van der Waals surface area contributed by atoms with Gasteiger partial charge in [-0.15, -0.1) is 0 Å². The van der Waals surface area contributed by atoms with Crippen LogP contribution >= 0.6 is 0 Å². The molecule has 5 aromatic carbocycles. The molecule has 0 spiro atoms. The van der Waals surface area contributed by atoms with Crippen LogP contribution in [0.25, 0.3) is 72.9 Å². The second-order valence-corrected chi connectivity index (χ2v) is 13.6. The first-order chi connectivity index (χ1) is 24.3. The Morgan fingerprint density at radius 3 is 1.84 bits per heavy atom. The second kappa shape index (κ2) is 12.6. The van der Waals surface area contributed by atoms with Gasteiger partial charge in [0.05, 0.1) is 11.3 Å². The number of imidazole rings is 1. The molecule has 0 atom stereocenters. The molecule has 5 heteroatoms. The molecular weight excluding hydrogens is 613 g/mol. The lowest BCUT2D eigenvalue weighted by Crippen LogP contribution is -2.11. The van der Waals surface area contributed by atoms with Crippen molar-refractivity contribution in [1.29, 1.82) is 0 Å². The van der Waals surface area contributed by atoms with Gasteiger partial charge in [0.25, 0.3) is 0 Å². The third-order valence-electron chi connectivity index (χ3n) is 9.18. The van der Waals surface area contributed by atoms with Crippen LogP contribution in [0.15, 0.2) is 158 Å². The van der Waals surface area contributed by atoms with E-state index in [9.17, 15) is 5.11 Å². The number of hydrogen-bond acceptors (Lipinski definition) is 4. The average Bonchev–Trinajstić information content (AvgIpc) is 3.55. The number of para-hydroxylation sites is 1. The summed E-state index contributed by atoms with van der Waals surface area (Å²) in [7, 11) is 0. The van der Waals surface area contributed by atoms with Gasteiger partial charge in [0.2, 0.25) is 0 Å². The molecule has 0 bridgehead atoms. The van der Waals surface area contributed by atoms with Gasteiger partial charge in [-0.3, -0.25) is 9.55 Å². The van der Waals surface area contributed by atoms with Crippen molar-refractivity contribution in [1.82, 2.24) is 19.5 Å². The summed E-state index contributed by atoms with van der Waals surface area (Å²) in [6, 6.07) is 49.5. The van der Waals surface area contributed by atoms with E-state index in [4.69, 9.17) is 15.0 Å². The monoisotopic (exact) mass is 648 g/mol. The summed E-state index contributed by atoms with van der Waals surface area (Å²) in [6.07, 6.45) is 3.72. The van der Waals surface area contributed by atoms with Crippen LogP contribution in [-0.4, -0.2) is 24.6 Å². The number of hydrogen-bond donors (Lipinski definition) is 1. The van der Waals surface area contributed by atoms with Gasteiger partial charge < -0.3 is 5.11 Å². The van der Waals surface area contributed by atoms with Gasteiger partial charge in [0.1, 0.15) is 11.3 Å². The Morgan fingerprint density at radius 2 is 1.14 bits per heavy atom. The van der Waals surface area contributed by atoms with Crippen molar-refractivity contribution in [2.75, 3.05) is 0 Å². The normalized spacial score (nSPS) is 11.6. The molecule has 0 aliphatic carbocycles. The summed E-state index contributed by atoms with van der Waals surface area (Å²) in [5, 5.41) is 11.3. The standard InChI is InChI=1S/C45H36N4O/c1-45(2,3)36-19-20-41(50)39(29-36)43-48-42-38(22-24-47-44(42)49(43)37-17-11-6-12-18-37)34-25-33(31-15-9-5-10-16-31)26-35(27-34)40-28-32(21-23-46-40)30-13-7-4-8-14-30/h4-29,50H,1-3H3. The minimum atomic E-state index is -0.115. The zero-order valence-electron chi connectivity index (χ0n) is 28.2. The highest BCUT2D eigenvalue weighted by Gasteiger charge is 2.23. The number of nitrogens with zero attached hydrogens (tertiary/aromatic N) is 4. The van der Waals surface area contributed by atoms with Crippen molar-refractivity contribution in [3.63, 3.8) is 0 Å². The maximum Gasteiger partial charge on any atom is 0.165 e. The maximum atomic E-state index is 11.3. The first-order valence-corrected chi connectivity index (χ1v) is 16.8. The minimum Gasteiger partial charge on any atom is -0.507 e. The molecule has 0 aliphatic rings. The summed E-state index contributed by atoms with van der Waals surface area (Å²) in [5.41, 5.74) is 12.3. The Morgan fingerprint density at radius 1 is 0.520 bits per heavy atom. The number of pyridine rings is 2. The molecule has 0 unspecified atom stereocenters. The van der Waals surface area contributed by atoms with E-state index in [1.54, 1.807) is 6.07 Å². The van der Waals surface area contributed by atoms with E-state index in [1.807, 2.05) is 71.6 Å². The zero-order valence-corrected chi connectivity index (χ0v) is 28.2. The molecule has 242 valence electrons. The molecule has 8 rings (SSSR count). The quantitative estimate of drug-likeness (QED) is 0.195. The summed E-state index contributed by atoms with van der Waals surface area (Å²) < 4.78 is 2.05. The minimum absolute atomic E-state index is 0.115. The first kappa shape index (κ1) is 31.0. The number of aromatic nitrogens is 4. The lowest BCUT2D eigenvalue weighted by Gasteiger charge is -2.20. The lowest BCUT2D eigenvalue weighted by atomic mass is 9.86. The maximum absolute atomic E-state index is 11.3. The van der Waals surface area contributed by atoms with Crippen LogP contribution in [0.1, 0.15) is 26.3 Å². The van der Waals surface area contributed by atoms with Gasteiger partial charge in [-0.05, 0) is 99.5 Å². The van der Waals surface area contributed by atoms with Crippen molar-refractivity contribution >= 4 is 11.2 Å². The number of aromatic hydroxyl groups is 1. The van der Waals surface area contributed by atoms with Crippen LogP contribution in [0.2, 0.25) is 0 Å². The Kier molecular flexibility index (Phi) is 7.81. The van der Waals surface area contributed by atoms with Gasteiger partial charge in [-0.2, -0.15) is 0 Å². The molecule has 0 radical (unpaired) electrons. The summed E-state index contributed by atoms with van der Waals surface area (Å²) in [5.74, 6) is 0.802. The van der Waals surface area contributed by atoms with Crippen LogP contribution in [0.4, 0.5) is 0 Å². The highest BCUT2D eigenvalue weighted by Crippen LogP contribution is 2.40. The van der Waals surface area contributed by atoms with Crippen molar-refractivity contribution in [2.24, 2.45) is 0 Å². The van der Waals surface area contributed by atoms with Crippen LogP contribution < -0.4 is 0 Å². The zero-order chi connectivity index (χ0) is 34.2. The Hall–Kier alpha value is -6.33. The fourth-order valence-corrected chi connectivity index (χ4v) is 6.52. The van der Waals surface area contributed by atoms with E-state index in [1.165, 1.54) is 0 Å². The summed E-state index contributed by atoms with van der Waals surface area (Å²) >= 11 is 0. The molecule has 3 aromatic heterocycles. The average molecular weight is 649 g/mol. The van der Waals surface area contributed by atoms with Gasteiger partial charge in [0, 0.05) is 29.2 Å². The predicted molar refractivity (Wildman–Crippen MR) is 204 cm³/mol. The van der Waals surface area contributed by atoms with E-state index < -0.39 is 0 Å². The van der Waals surface area contributed by atoms with Crippen molar-refractivity contribution in [3.8, 4) is 67.5 Å². The largest absolute Gasteiger partial charge is 0.507 e. The fourth-order valence-electron chi connectivity index (χ4n) is 6.52. The van der Waals surface area contributed by atoms with Crippen molar-refractivity contribution < 1.29 is 5.11 Å². The molecule has 8 aromatic rings. The van der Waals surface area contributed by atoms with Gasteiger partial charge in [0.15, 0.2) is 11.5 Å². The molecular formula is C45H36N4O. The van der Waals surface area contributed by atoms with Crippen molar-refractivity contribution in [2.45, 2.75) is 26.2 Å². The van der Waals surface area contributed by atoms with E-state index in [2.05, 4.69) is 106 Å². The van der Waals surface area contributed by atoms with Gasteiger partial charge in [-0.1, -0.05) is 106 Å².